The van der Waals surface area contributed by atoms with Gasteiger partial charge < -0.3 is 10.2 Å². The molecule has 1 atom stereocenters. The summed E-state index contributed by atoms with van der Waals surface area (Å²) in [6.45, 7) is 1.26. The number of hydrogen-bond donors (Lipinski definition) is 1. The molecule has 190 valence electrons. The second-order valence-corrected chi connectivity index (χ2v) is 11.1. The van der Waals surface area contributed by atoms with Gasteiger partial charge in [-0.2, -0.15) is 0 Å². The Labute approximate surface area is 224 Å². The van der Waals surface area contributed by atoms with Crippen molar-refractivity contribution in [3.8, 4) is 0 Å². The van der Waals surface area contributed by atoms with Crippen molar-refractivity contribution in [2.24, 2.45) is 0 Å². The van der Waals surface area contributed by atoms with Gasteiger partial charge >= 0.3 is 0 Å². The zero-order valence-corrected chi connectivity index (χ0v) is 22.9. The molecular formula is C26H27FIN3O4S. The zero-order valence-electron chi connectivity index (χ0n) is 19.9. The van der Waals surface area contributed by atoms with E-state index in [1.165, 1.54) is 48.3 Å². The van der Waals surface area contributed by atoms with E-state index in [1.807, 2.05) is 0 Å². The molecule has 0 unspecified atom stereocenters. The molecule has 36 heavy (non-hydrogen) atoms. The van der Waals surface area contributed by atoms with Crippen LogP contribution in [0.1, 0.15) is 18.9 Å². The lowest BCUT2D eigenvalue weighted by atomic mass is 10.1. The second-order valence-electron chi connectivity index (χ2n) is 7.99. The molecule has 3 rings (SSSR count). The number of hydrogen-bond acceptors (Lipinski definition) is 4. The van der Waals surface area contributed by atoms with Gasteiger partial charge in [-0.05, 0) is 83.1 Å². The maximum atomic E-state index is 13.7. The molecule has 0 radical (unpaired) electrons. The van der Waals surface area contributed by atoms with Crippen LogP contribution in [0.25, 0.3) is 0 Å². The standard InChI is InChI=1S/C26H27FIN3O4S/c1-3-24(26(33)29-2)30(17-19-9-11-20(27)12-10-19)25(32)18-31(22-15-13-21(28)14-16-22)36(34,35)23-7-5-4-6-8-23/h4-16,24H,3,17-18H2,1-2H3,(H,29,33)/t24-/m0/s1. The lowest BCUT2D eigenvalue weighted by Gasteiger charge is -2.33. The van der Waals surface area contributed by atoms with Crippen LogP contribution in [-0.2, 0) is 26.2 Å². The molecule has 0 aliphatic heterocycles. The van der Waals surface area contributed by atoms with Crippen molar-refractivity contribution < 1.29 is 22.4 Å². The van der Waals surface area contributed by atoms with Gasteiger partial charge in [-0.3, -0.25) is 13.9 Å². The van der Waals surface area contributed by atoms with Crippen LogP contribution in [0.5, 0.6) is 0 Å². The molecule has 0 heterocycles. The molecule has 7 nitrogen and oxygen atoms in total. The highest BCUT2D eigenvalue weighted by Gasteiger charge is 2.33. The first kappa shape index (κ1) is 27.6. The lowest BCUT2D eigenvalue weighted by Crippen LogP contribution is -2.51. The van der Waals surface area contributed by atoms with Gasteiger partial charge in [-0.15, -0.1) is 0 Å². The number of anilines is 1. The van der Waals surface area contributed by atoms with E-state index in [2.05, 4.69) is 27.9 Å². The normalized spacial score (nSPS) is 12.0. The van der Waals surface area contributed by atoms with Gasteiger partial charge in [0, 0.05) is 17.2 Å². The molecular weight excluding hydrogens is 596 g/mol. The third-order valence-electron chi connectivity index (χ3n) is 5.62. The molecule has 0 spiro atoms. The summed E-state index contributed by atoms with van der Waals surface area (Å²) in [6, 6.07) is 19.4. The van der Waals surface area contributed by atoms with Gasteiger partial charge in [-0.1, -0.05) is 37.3 Å². The SMILES string of the molecule is CC[C@@H](C(=O)NC)N(Cc1ccc(F)cc1)C(=O)CN(c1ccc(I)cc1)S(=O)(=O)c1ccccc1. The molecule has 2 amide bonds. The summed E-state index contributed by atoms with van der Waals surface area (Å²) in [4.78, 5) is 27.8. The fraction of sp³-hybridized carbons (Fsp3) is 0.231. The van der Waals surface area contributed by atoms with Crippen LogP contribution in [0.15, 0.2) is 83.8 Å². The zero-order chi connectivity index (χ0) is 26.3. The molecule has 0 bridgehead atoms. The van der Waals surface area contributed by atoms with E-state index in [4.69, 9.17) is 0 Å². The third-order valence-corrected chi connectivity index (χ3v) is 8.13. The predicted octanol–water partition coefficient (Wildman–Crippen LogP) is 4.18. The van der Waals surface area contributed by atoms with Crippen molar-refractivity contribution in [3.05, 3.63) is 93.8 Å². The van der Waals surface area contributed by atoms with E-state index in [0.29, 0.717) is 17.7 Å². The van der Waals surface area contributed by atoms with Gasteiger partial charge in [0.2, 0.25) is 11.8 Å². The fourth-order valence-corrected chi connectivity index (χ4v) is 5.52. The van der Waals surface area contributed by atoms with E-state index in [0.717, 1.165) is 7.88 Å². The van der Waals surface area contributed by atoms with E-state index < -0.39 is 34.3 Å². The van der Waals surface area contributed by atoms with Crippen molar-refractivity contribution >= 4 is 50.1 Å². The minimum Gasteiger partial charge on any atom is -0.357 e. The minimum absolute atomic E-state index is 0.0109. The minimum atomic E-state index is -4.10. The monoisotopic (exact) mass is 623 g/mol. The summed E-state index contributed by atoms with van der Waals surface area (Å²) in [5.74, 6) is -1.36. The molecule has 3 aromatic rings. The maximum absolute atomic E-state index is 13.7. The maximum Gasteiger partial charge on any atom is 0.264 e. The Kier molecular flexibility index (Phi) is 9.43. The smallest absolute Gasteiger partial charge is 0.264 e. The Morgan fingerprint density at radius 3 is 2.14 bits per heavy atom. The molecule has 0 saturated heterocycles. The van der Waals surface area contributed by atoms with Crippen molar-refractivity contribution in [2.45, 2.75) is 30.8 Å². The number of halogens is 2. The van der Waals surface area contributed by atoms with Crippen LogP contribution in [0.2, 0.25) is 0 Å². The molecule has 0 aliphatic carbocycles. The lowest BCUT2D eigenvalue weighted by molar-refractivity contribution is -0.140. The van der Waals surface area contributed by atoms with Crippen molar-refractivity contribution in [2.75, 3.05) is 17.9 Å². The number of amides is 2. The Bertz CT molecular complexity index is 1290. The van der Waals surface area contributed by atoms with Crippen LogP contribution >= 0.6 is 22.6 Å². The first-order valence-electron chi connectivity index (χ1n) is 11.3. The second kappa shape index (κ2) is 12.3. The number of benzene rings is 3. The van der Waals surface area contributed by atoms with E-state index >= 15 is 0 Å². The van der Waals surface area contributed by atoms with Crippen molar-refractivity contribution in [1.82, 2.24) is 10.2 Å². The highest BCUT2D eigenvalue weighted by atomic mass is 127. The largest absolute Gasteiger partial charge is 0.357 e. The topological polar surface area (TPSA) is 86.8 Å². The molecule has 0 fully saturated rings. The van der Waals surface area contributed by atoms with Gasteiger partial charge in [0.25, 0.3) is 10.0 Å². The first-order valence-corrected chi connectivity index (χ1v) is 13.8. The van der Waals surface area contributed by atoms with Crippen LogP contribution in [-0.4, -0.2) is 44.8 Å². The highest BCUT2D eigenvalue weighted by Crippen LogP contribution is 2.25. The van der Waals surface area contributed by atoms with Crippen molar-refractivity contribution in [1.29, 1.82) is 0 Å². The molecule has 1 N–H and O–H groups in total. The first-order chi connectivity index (χ1) is 17.2. The van der Waals surface area contributed by atoms with Gasteiger partial charge in [0.15, 0.2) is 0 Å². The van der Waals surface area contributed by atoms with Crippen LogP contribution in [0, 0.1) is 9.39 Å². The van der Waals surface area contributed by atoms with E-state index in [9.17, 15) is 22.4 Å². The number of nitrogens with zero attached hydrogens (tertiary/aromatic N) is 2. The van der Waals surface area contributed by atoms with Crippen molar-refractivity contribution in [3.63, 3.8) is 0 Å². The van der Waals surface area contributed by atoms with E-state index in [1.54, 1.807) is 49.4 Å². The predicted molar refractivity (Wildman–Crippen MR) is 145 cm³/mol. The quantitative estimate of drug-likeness (QED) is 0.344. The molecule has 0 saturated carbocycles. The number of carbonyl (C=O) groups excluding carboxylic acids is 2. The molecule has 0 aliphatic rings. The summed E-state index contributed by atoms with van der Waals surface area (Å²) in [6.07, 6.45) is 0.307. The summed E-state index contributed by atoms with van der Waals surface area (Å²) in [5, 5.41) is 2.57. The third kappa shape index (κ3) is 6.61. The number of likely N-dealkylation sites (N-methyl/N-ethyl adjacent to an activating group) is 1. The highest BCUT2D eigenvalue weighted by molar-refractivity contribution is 14.1. The Balaban J connectivity index is 2.03. The number of nitrogens with one attached hydrogen (secondary N) is 1. The summed E-state index contributed by atoms with van der Waals surface area (Å²) in [7, 11) is -2.62. The van der Waals surface area contributed by atoms with Gasteiger partial charge in [-0.25, -0.2) is 12.8 Å². The summed E-state index contributed by atoms with van der Waals surface area (Å²) < 4.78 is 42.7. The fourth-order valence-electron chi connectivity index (χ4n) is 3.73. The van der Waals surface area contributed by atoms with Crippen LogP contribution in [0.3, 0.4) is 0 Å². The Morgan fingerprint density at radius 2 is 1.58 bits per heavy atom. The summed E-state index contributed by atoms with van der Waals surface area (Å²) in [5.41, 5.74) is 0.932. The van der Waals surface area contributed by atoms with Gasteiger partial charge in [0.1, 0.15) is 18.4 Å². The number of rotatable bonds is 10. The number of sulfonamides is 1. The molecule has 0 aromatic heterocycles. The summed E-state index contributed by atoms with van der Waals surface area (Å²) >= 11 is 2.11. The van der Waals surface area contributed by atoms with Crippen LogP contribution in [0.4, 0.5) is 10.1 Å². The molecule has 10 heteroatoms. The Hall–Kier alpha value is -2.99. The number of carbonyl (C=O) groups is 2. The average Bonchev–Trinajstić information content (AvgIpc) is 2.89. The Morgan fingerprint density at radius 1 is 0.972 bits per heavy atom. The van der Waals surface area contributed by atoms with Gasteiger partial charge in [0.05, 0.1) is 10.6 Å². The molecule has 3 aromatic carbocycles. The van der Waals surface area contributed by atoms with E-state index in [-0.39, 0.29) is 17.3 Å². The van der Waals surface area contributed by atoms with Crippen LogP contribution < -0.4 is 9.62 Å². The average molecular weight is 623 g/mol.